The van der Waals surface area contributed by atoms with E-state index in [4.69, 9.17) is 0 Å². The summed E-state index contributed by atoms with van der Waals surface area (Å²) in [7, 11) is 0. The monoisotopic (exact) mass is 283 g/mol. The lowest BCUT2D eigenvalue weighted by atomic mass is 10.2. The summed E-state index contributed by atoms with van der Waals surface area (Å²) in [6, 6.07) is 10.1. The van der Waals surface area contributed by atoms with Gasteiger partial charge >= 0.3 is 0 Å². The first-order valence-electron chi connectivity index (χ1n) is 6.07. The summed E-state index contributed by atoms with van der Waals surface area (Å²) in [6.07, 6.45) is 2.33. The molecule has 0 radical (unpaired) electrons. The van der Waals surface area contributed by atoms with Crippen LogP contribution in [0.2, 0.25) is 0 Å². The molecule has 7 heteroatoms. The zero-order valence-electron chi connectivity index (χ0n) is 10.3. The van der Waals surface area contributed by atoms with Crippen LogP contribution in [0.15, 0.2) is 41.3 Å². The van der Waals surface area contributed by atoms with E-state index < -0.39 is 0 Å². The number of benzene rings is 1. The molecular formula is C13H9N5OS. The molecular weight excluding hydrogens is 274 g/mol. The molecule has 0 fully saturated rings. The third-order valence-corrected chi connectivity index (χ3v) is 3.95. The van der Waals surface area contributed by atoms with Gasteiger partial charge in [0.2, 0.25) is 4.96 Å². The van der Waals surface area contributed by atoms with E-state index in [0.717, 1.165) is 11.4 Å². The molecule has 6 nitrogen and oxygen atoms in total. The Morgan fingerprint density at radius 1 is 1.25 bits per heavy atom. The van der Waals surface area contributed by atoms with E-state index in [0.29, 0.717) is 16.0 Å². The van der Waals surface area contributed by atoms with E-state index in [2.05, 4.69) is 32.4 Å². The number of imidazole rings is 1. The number of hydrogen-bond donors (Lipinski definition) is 1. The van der Waals surface area contributed by atoms with E-state index in [1.807, 2.05) is 18.2 Å². The van der Waals surface area contributed by atoms with Crippen molar-refractivity contribution in [2.45, 2.75) is 6.42 Å². The molecule has 20 heavy (non-hydrogen) atoms. The summed E-state index contributed by atoms with van der Waals surface area (Å²) in [6.45, 7) is 0. The average molecular weight is 283 g/mol. The molecule has 4 rings (SSSR count). The Labute approximate surface area is 116 Å². The van der Waals surface area contributed by atoms with Crippen molar-refractivity contribution in [1.29, 1.82) is 0 Å². The van der Waals surface area contributed by atoms with Gasteiger partial charge in [-0.15, -0.1) is 0 Å². The van der Waals surface area contributed by atoms with Crippen molar-refractivity contribution < 1.29 is 0 Å². The van der Waals surface area contributed by atoms with Crippen LogP contribution < -0.4 is 5.56 Å². The van der Waals surface area contributed by atoms with E-state index in [1.54, 1.807) is 10.7 Å². The van der Waals surface area contributed by atoms with Crippen LogP contribution in [-0.4, -0.2) is 24.8 Å². The Balaban J connectivity index is 1.84. The molecule has 0 aliphatic heterocycles. The topological polar surface area (TPSA) is 75.9 Å². The minimum atomic E-state index is -0.287. The first kappa shape index (κ1) is 11.3. The smallest absolute Gasteiger partial charge is 0.265 e. The maximum absolute atomic E-state index is 11.6. The molecule has 0 bridgehead atoms. The molecule has 0 atom stereocenters. The summed E-state index contributed by atoms with van der Waals surface area (Å²) < 4.78 is 1.68. The minimum Gasteiger partial charge on any atom is -0.265 e. The number of nitrogens with one attached hydrogen (secondary N) is 1. The summed E-state index contributed by atoms with van der Waals surface area (Å²) >= 11 is 1.49. The molecule has 3 aromatic heterocycles. The van der Waals surface area contributed by atoms with E-state index in [9.17, 15) is 4.79 Å². The highest BCUT2D eigenvalue weighted by atomic mass is 32.1. The van der Waals surface area contributed by atoms with Crippen LogP contribution in [0.4, 0.5) is 0 Å². The summed E-state index contributed by atoms with van der Waals surface area (Å²) in [5, 5.41) is 11.6. The Morgan fingerprint density at radius 2 is 2.10 bits per heavy atom. The number of H-pyrrole nitrogens is 1. The van der Waals surface area contributed by atoms with Gasteiger partial charge in [-0.2, -0.15) is 10.2 Å². The third kappa shape index (κ3) is 1.71. The molecule has 3 heterocycles. The Kier molecular flexibility index (Phi) is 2.40. The van der Waals surface area contributed by atoms with Gasteiger partial charge in [0, 0.05) is 6.42 Å². The number of rotatable bonds is 2. The molecule has 0 saturated carbocycles. The molecule has 1 aromatic carbocycles. The molecule has 0 aliphatic rings. The van der Waals surface area contributed by atoms with Crippen molar-refractivity contribution in [3.8, 4) is 0 Å². The fourth-order valence-corrected chi connectivity index (χ4v) is 3.07. The zero-order valence-corrected chi connectivity index (χ0v) is 11.1. The van der Waals surface area contributed by atoms with Gasteiger partial charge < -0.3 is 0 Å². The number of nitrogens with zero attached hydrogens (tertiary/aromatic N) is 4. The van der Waals surface area contributed by atoms with Crippen LogP contribution in [-0.2, 0) is 6.42 Å². The lowest BCUT2D eigenvalue weighted by molar-refractivity contribution is 0.934. The van der Waals surface area contributed by atoms with Crippen molar-refractivity contribution >= 4 is 27.3 Å². The summed E-state index contributed by atoms with van der Waals surface area (Å²) in [5.41, 5.74) is 1.93. The van der Waals surface area contributed by atoms with Gasteiger partial charge in [-0.05, 0) is 5.56 Å². The van der Waals surface area contributed by atoms with Crippen LogP contribution in [0.3, 0.4) is 0 Å². The van der Waals surface area contributed by atoms with Gasteiger partial charge in [-0.1, -0.05) is 41.7 Å². The van der Waals surface area contributed by atoms with Crippen molar-refractivity contribution in [2.75, 3.05) is 0 Å². The fourth-order valence-electron chi connectivity index (χ4n) is 2.13. The maximum Gasteiger partial charge on any atom is 0.292 e. The second-order valence-electron chi connectivity index (χ2n) is 4.40. The van der Waals surface area contributed by atoms with Gasteiger partial charge in [0.25, 0.3) is 5.56 Å². The van der Waals surface area contributed by atoms with E-state index in [1.165, 1.54) is 16.9 Å². The second-order valence-corrected chi connectivity index (χ2v) is 5.44. The molecule has 0 spiro atoms. The molecule has 0 saturated heterocycles. The molecule has 98 valence electrons. The van der Waals surface area contributed by atoms with Crippen molar-refractivity contribution in [2.24, 2.45) is 0 Å². The van der Waals surface area contributed by atoms with Gasteiger partial charge in [-0.25, -0.2) is 14.6 Å². The Morgan fingerprint density at radius 3 is 2.95 bits per heavy atom. The highest BCUT2D eigenvalue weighted by Crippen LogP contribution is 2.20. The number of aromatic nitrogens is 5. The number of aromatic amines is 1. The lowest BCUT2D eigenvalue weighted by Crippen LogP contribution is -2.07. The largest absolute Gasteiger partial charge is 0.292 e. The van der Waals surface area contributed by atoms with E-state index >= 15 is 0 Å². The second kappa shape index (κ2) is 4.24. The van der Waals surface area contributed by atoms with Gasteiger partial charge in [0.05, 0.1) is 6.20 Å². The predicted molar refractivity (Wildman–Crippen MR) is 76.0 cm³/mol. The molecule has 1 N–H and O–H groups in total. The summed E-state index contributed by atoms with van der Waals surface area (Å²) in [4.78, 5) is 16.6. The normalized spacial score (nSPS) is 11.4. The molecule has 4 aromatic rings. The standard InChI is InChI=1S/C13H9N5OS/c19-12-11-9(7-14-16-12)18-13(15-11)20-10(17-18)6-8-4-2-1-3-5-8/h1-5,7H,6H2,(H,16,19). The van der Waals surface area contributed by atoms with Crippen LogP contribution in [0.1, 0.15) is 10.6 Å². The maximum atomic E-state index is 11.6. The van der Waals surface area contributed by atoms with Crippen LogP contribution in [0.5, 0.6) is 0 Å². The Bertz CT molecular complexity index is 953. The summed E-state index contributed by atoms with van der Waals surface area (Å²) in [5.74, 6) is 0. The van der Waals surface area contributed by atoms with Crippen LogP contribution >= 0.6 is 11.3 Å². The van der Waals surface area contributed by atoms with Crippen LogP contribution in [0, 0.1) is 0 Å². The number of fused-ring (bicyclic) bond motifs is 3. The van der Waals surface area contributed by atoms with Crippen molar-refractivity contribution in [3.05, 3.63) is 57.5 Å². The zero-order chi connectivity index (χ0) is 13.5. The quantitative estimate of drug-likeness (QED) is 0.606. The average Bonchev–Trinajstić information content (AvgIpc) is 2.99. The molecule has 0 aliphatic carbocycles. The van der Waals surface area contributed by atoms with Gasteiger partial charge in [0.15, 0.2) is 5.52 Å². The highest BCUT2D eigenvalue weighted by Gasteiger charge is 2.13. The first-order valence-corrected chi connectivity index (χ1v) is 6.89. The minimum absolute atomic E-state index is 0.287. The Hall–Kier alpha value is -2.54. The van der Waals surface area contributed by atoms with Crippen molar-refractivity contribution in [3.63, 3.8) is 0 Å². The van der Waals surface area contributed by atoms with Gasteiger partial charge in [-0.3, -0.25) is 4.79 Å². The van der Waals surface area contributed by atoms with Crippen LogP contribution in [0.25, 0.3) is 16.0 Å². The molecule has 0 amide bonds. The SMILES string of the molecule is O=c1[nH]ncc2c1nc1sc(Cc3ccccc3)nn12. The van der Waals surface area contributed by atoms with Crippen molar-refractivity contribution in [1.82, 2.24) is 24.8 Å². The fraction of sp³-hybridized carbons (Fsp3) is 0.0769. The lowest BCUT2D eigenvalue weighted by Gasteiger charge is -1.95. The first-order chi connectivity index (χ1) is 9.81. The van der Waals surface area contributed by atoms with E-state index in [-0.39, 0.29) is 5.56 Å². The number of hydrogen-bond acceptors (Lipinski definition) is 5. The predicted octanol–water partition coefficient (Wildman–Crippen LogP) is 1.62. The van der Waals surface area contributed by atoms with Gasteiger partial charge in [0.1, 0.15) is 10.5 Å². The third-order valence-electron chi connectivity index (χ3n) is 3.05. The molecule has 0 unspecified atom stereocenters. The highest BCUT2D eigenvalue weighted by molar-refractivity contribution is 7.16.